The van der Waals surface area contributed by atoms with Crippen LogP contribution >= 0.6 is 0 Å². The second-order valence-electron chi connectivity index (χ2n) is 6.28. The number of rotatable bonds is 6. The second kappa shape index (κ2) is 6.03. The molecule has 0 aliphatic rings. The zero-order valence-electron chi connectivity index (χ0n) is 12.1. The highest BCUT2D eigenvalue weighted by molar-refractivity contribution is 5.83. The fraction of sp³-hybridized carbons (Fsp3) is 0.714. The van der Waals surface area contributed by atoms with Crippen molar-refractivity contribution in [1.82, 2.24) is 0 Å². The Balaban J connectivity index is 4.84. The van der Waals surface area contributed by atoms with Crippen LogP contribution in [-0.2, 0) is 9.59 Å². The molecule has 0 rings (SSSR count). The van der Waals surface area contributed by atoms with Crippen molar-refractivity contribution in [3.05, 3.63) is 0 Å². The third-order valence-electron chi connectivity index (χ3n) is 3.44. The fourth-order valence-corrected chi connectivity index (χ4v) is 2.39. The number of carbonyl (C=O) groups excluding carboxylic acids is 2. The van der Waals surface area contributed by atoms with Gasteiger partial charge in [-0.1, -0.05) is 34.6 Å². The predicted molar refractivity (Wildman–Crippen MR) is 75.1 cm³/mol. The predicted octanol–water partition coefficient (Wildman–Crippen LogP) is 2.91. The summed E-state index contributed by atoms with van der Waals surface area (Å²) in [4.78, 5) is 29.8. The van der Waals surface area contributed by atoms with E-state index in [2.05, 4.69) is 23.4 Å². The molecule has 0 aliphatic heterocycles. The van der Waals surface area contributed by atoms with E-state index in [1.807, 2.05) is 34.6 Å². The maximum absolute atomic E-state index is 11.6. The summed E-state index contributed by atoms with van der Waals surface area (Å²) in [6.45, 7) is 16.4. The third-order valence-corrected chi connectivity index (χ3v) is 3.44. The van der Waals surface area contributed by atoms with Crippen molar-refractivity contribution in [2.24, 2.45) is 26.7 Å². The molecule has 4 nitrogen and oxygen atoms in total. The minimum Gasteiger partial charge on any atom is -0.273 e. The van der Waals surface area contributed by atoms with Gasteiger partial charge in [0.1, 0.15) is 0 Å². The van der Waals surface area contributed by atoms with Crippen molar-refractivity contribution in [1.29, 1.82) is 0 Å². The van der Waals surface area contributed by atoms with Crippen molar-refractivity contribution in [3.8, 4) is 0 Å². The van der Waals surface area contributed by atoms with Gasteiger partial charge >= 0.3 is 0 Å². The van der Waals surface area contributed by atoms with Crippen molar-refractivity contribution in [3.63, 3.8) is 0 Å². The molecule has 4 heteroatoms. The normalized spacial score (nSPS) is 13.8. The molecule has 1 atom stereocenters. The molecule has 0 radical (unpaired) electrons. The lowest BCUT2D eigenvalue weighted by atomic mass is 9.67. The van der Waals surface area contributed by atoms with E-state index >= 15 is 0 Å². The molecule has 0 aromatic heterocycles. The van der Waals surface area contributed by atoms with E-state index in [9.17, 15) is 9.59 Å². The molecular formula is C14H24N2O2. The van der Waals surface area contributed by atoms with E-state index in [0.717, 1.165) is 6.42 Å². The van der Waals surface area contributed by atoms with Crippen LogP contribution in [0.1, 0.15) is 47.5 Å². The van der Waals surface area contributed by atoms with Crippen LogP contribution in [-0.4, -0.2) is 25.2 Å². The maximum Gasteiger partial charge on any atom is 0.248 e. The number of carbonyl (C=O) groups is 2. The molecule has 0 heterocycles. The Bertz CT molecular complexity index is 357. The van der Waals surface area contributed by atoms with Gasteiger partial charge in [-0.15, -0.1) is 0 Å². The zero-order valence-corrected chi connectivity index (χ0v) is 12.1. The molecule has 18 heavy (non-hydrogen) atoms. The summed E-state index contributed by atoms with van der Waals surface area (Å²) in [5.41, 5.74) is -0.472. The average Bonchev–Trinajstić information content (AvgIpc) is 2.24. The van der Waals surface area contributed by atoms with Gasteiger partial charge in [-0.05, 0) is 30.7 Å². The summed E-state index contributed by atoms with van der Waals surface area (Å²) < 4.78 is 0. The summed E-state index contributed by atoms with van der Waals surface area (Å²) in [5, 5.41) is 0. The Kier molecular flexibility index (Phi) is 5.58. The third kappa shape index (κ3) is 4.90. The lowest BCUT2D eigenvalue weighted by Gasteiger charge is -2.37. The lowest BCUT2D eigenvalue weighted by Crippen LogP contribution is -2.33. The van der Waals surface area contributed by atoms with Crippen LogP contribution < -0.4 is 0 Å². The Morgan fingerprint density at radius 3 is 2.00 bits per heavy atom. The zero-order chi connectivity index (χ0) is 14.6. The topological polar surface area (TPSA) is 58.9 Å². The highest BCUT2D eigenvalue weighted by Gasteiger charge is 2.37. The van der Waals surface area contributed by atoms with Gasteiger partial charge in [0.25, 0.3) is 0 Å². The van der Waals surface area contributed by atoms with Crippen molar-refractivity contribution >= 4 is 25.2 Å². The van der Waals surface area contributed by atoms with E-state index in [4.69, 9.17) is 0 Å². The van der Waals surface area contributed by atoms with Crippen molar-refractivity contribution < 1.29 is 9.59 Å². The monoisotopic (exact) mass is 252 g/mol. The summed E-state index contributed by atoms with van der Waals surface area (Å²) in [6, 6.07) is 0. The molecule has 102 valence electrons. The first kappa shape index (κ1) is 16.7. The highest BCUT2D eigenvalue weighted by atomic mass is 16.1. The molecule has 1 unspecified atom stereocenters. The van der Waals surface area contributed by atoms with Crippen LogP contribution in [0.3, 0.4) is 0 Å². The molecule has 0 aromatic carbocycles. The molecule has 0 aromatic rings. The Labute approximate surface area is 110 Å². The van der Waals surface area contributed by atoms with Crippen LogP contribution in [0.2, 0.25) is 0 Å². The number of nitrogens with zero attached hydrogens (tertiary/aromatic N) is 2. The largest absolute Gasteiger partial charge is 0.273 e. The quantitative estimate of drug-likeness (QED) is 0.682. The minimum atomic E-state index is -0.247. The maximum atomic E-state index is 11.6. The van der Waals surface area contributed by atoms with E-state index in [-0.39, 0.29) is 28.6 Å². The second-order valence-corrected chi connectivity index (χ2v) is 6.28. The van der Waals surface area contributed by atoms with Gasteiger partial charge in [0.05, 0.1) is 0 Å². The van der Waals surface area contributed by atoms with Gasteiger partial charge in [0.2, 0.25) is 11.8 Å². The minimum absolute atomic E-state index is 0.205. The number of hydrogen-bond acceptors (Lipinski definition) is 2. The molecule has 0 spiro atoms. The van der Waals surface area contributed by atoms with E-state index in [0.29, 0.717) is 6.42 Å². The SMILES string of the molecule is C=NC(=O)CC(C)(C)CC(C)(C)C(C)C(=O)N=C. The molecule has 0 fully saturated rings. The highest BCUT2D eigenvalue weighted by Crippen LogP contribution is 2.41. The average molecular weight is 252 g/mol. The smallest absolute Gasteiger partial charge is 0.248 e. The van der Waals surface area contributed by atoms with Gasteiger partial charge in [-0.25, -0.2) is 9.98 Å². The Morgan fingerprint density at radius 1 is 1.11 bits per heavy atom. The van der Waals surface area contributed by atoms with Gasteiger partial charge in [-0.2, -0.15) is 0 Å². The van der Waals surface area contributed by atoms with E-state index < -0.39 is 0 Å². The van der Waals surface area contributed by atoms with Gasteiger partial charge in [0.15, 0.2) is 0 Å². The van der Waals surface area contributed by atoms with Crippen LogP contribution in [0.4, 0.5) is 0 Å². The van der Waals surface area contributed by atoms with Crippen LogP contribution in [0.5, 0.6) is 0 Å². The van der Waals surface area contributed by atoms with Crippen LogP contribution in [0.25, 0.3) is 0 Å². The molecule has 0 saturated carbocycles. The molecule has 0 bridgehead atoms. The summed E-state index contributed by atoms with van der Waals surface area (Å²) >= 11 is 0. The molecular weight excluding hydrogens is 228 g/mol. The van der Waals surface area contributed by atoms with Crippen molar-refractivity contribution in [2.75, 3.05) is 0 Å². The Hall–Kier alpha value is -1.32. The summed E-state index contributed by atoms with van der Waals surface area (Å²) in [7, 11) is 0. The fourth-order valence-electron chi connectivity index (χ4n) is 2.39. The van der Waals surface area contributed by atoms with E-state index in [1.54, 1.807) is 0 Å². The number of hydrogen-bond donors (Lipinski definition) is 0. The van der Waals surface area contributed by atoms with Gasteiger partial charge in [0, 0.05) is 12.3 Å². The Morgan fingerprint density at radius 2 is 1.61 bits per heavy atom. The number of aliphatic imine (C=N–C) groups is 2. The summed E-state index contributed by atoms with van der Waals surface area (Å²) in [6.07, 6.45) is 1.06. The molecule has 2 amide bonds. The van der Waals surface area contributed by atoms with Crippen molar-refractivity contribution in [2.45, 2.75) is 47.5 Å². The first-order valence-electron chi connectivity index (χ1n) is 6.06. The van der Waals surface area contributed by atoms with Gasteiger partial charge in [-0.3, -0.25) is 9.59 Å². The van der Waals surface area contributed by atoms with Crippen LogP contribution in [0, 0.1) is 16.7 Å². The standard InChI is InChI=1S/C14H24N2O2/c1-10(12(18)16-7)14(4,5)9-13(2,3)8-11(17)15-6/h10H,6-9H2,1-5H3. The molecule has 0 aliphatic carbocycles. The van der Waals surface area contributed by atoms with E-state index in [1.165, 1.54) is 0 Å². The summed E-state index contributed by atoms with van der Waals surface area (Å²) in [5.74, 6) is -0.637. The lowest BCUT2D eigenvalue weighted by molar-refractivity contribution is -0.125. The first-order chi connectivity index (χ1) is 8.05. The van der Waals surface area contributed by atoms with Crippen LogP contribution in [0.15, 0.2) is 9.98 Å². The van der Waals surface area contributed by atoms with Gasteiger partial charge < -0.3 is 0 Å². The molecule has 0 N–H and O–H groups in total. The molecule has 0 saturated heterocycles. The first-order valence-corrected chi connectivity index (χ1v) is 6.06. The number of amides is 2.